The number of hydrogen-bond donors (Lipinski definition) is 0. The van der Waals surface area contributed by atoms with E-state index in [-0.39, 0.29) is 0 Å². The lowest BCUT2D eigenvalue weighted by Gasteiger charge is -1.99. The van der Waals surface area contributed by atoms with E-state index in [0.29, 0.717) is 6.54 Å². The first kappa shape index (κ1) is 8.99. The van der Waals surface area contributed by atoms with E-state index >= 15 is 0 Å². The Hall–Kier alpha value is -1.58. The van der Waals surface area contributed by atoms with E-state index < -0.39 is 0 Å². The standard InChI is InChI=1S/C10H13N3O/c1-7-4-9(3)13(11-7)6-10-5-8(2)12-14-10/h4-5H,6H2,1-3H3. The van der Waals surface area contributed by atoms with Gasteiger partial charge in [-0.25, -0.2) is 0 Å². The maximum Gasteiger partial charge on any atom is 0.158 e. The van der Waals surface area contributed by atoms with Gasteiger partial charge in [0.2, 0.25) is 0 Å². The molecule has 74 valence electrons. The average Bonchev–Trinajstić information content (AvgIpc) is 2.61. The maximum absolute atomic E-state index is 5.12. The third kappa shape index (κ3) is 1.69. The second kappa shape index (κ2) is 3.29. The quantitative estimate of drug-likeness (QED) is 0.727. The van der Waals surface area contributed by atoms with Crippen LogP contribution in [-0.2, 0) is 6.54 Å². The van der Waals surface area contributed by atoms with Crippen LogP contribution in [-0.4, -0.2) is 14.9 Å². The summed E-state index contributed by atoms with van der Waals surface area (Å²) in [5.41, 5.74) is 3.07. The highest BCUT2D eigenvalue weighted by Crippen LogP contribution is 2.08. The molecule has 2 aromatic rings. The van der Waals surface area contributed by atoms with Crippen molar-refractivity contribution in [2.24, 2.45) is 0 Å². The van der Waals surface area contributed by atoms with Crippen molar-refractivity contribution in [2.75, 3.05) is 0 Å². The van der Waals surface area contributed by atoms with Gasteiger partial charge in [0.1, 0.15) is 6.54 Å². The van der Waals surface area contributed by atoms with Gasteiger partial charge in [-0.3, -0.25) is 4.68 Å². The van der Waals surface area contributed by atoms with E-state index in [4.69, 9.17) is 4.52 Å². The summed E-state index contributed by atoms with van der Waals surface area (Å²) in [6.07, 6.45) is 0. The molecule has 0 saturated heterocycles. The molecule has 0 aliphatic carbocycles. The first-order valence-electron chi connectivity index (χ1n) is 4.58. The summed E-state index contributed by atoms with van der Waals surface area (Å²) in [7, 11) is 0. The van der Waals surface area contributed by atoms with Crippen molar-refractivity contribution in [2.45, 2.75) is 27.3 Å². The SMILES string of the molecule is Cc1cc(Cn2nc(C)cc2C)on1. The van der Waals surface area contributed by atoms with Crippen LogP contribution in [0.4, 0.5) is 0 Å². The fraction of sp³-hybridized carbons (Fsp3) is 0.400. The molecule has 14 heavy (non-hydrogen) atoms. The fourth-order valence-corrected chi connectivity index (χ4v) is 1.47. The summed E-state index contributed by atoms with van der Waals surface area (Å²) >= 11 is 0. The van der Waals surface area contributed by atoms with Crippen LogP contribution in [0.1, 0.15) is 22.8 Å². The normalized spacial score (nSPS) is 10.8. The highest BCUT2D eigenvalue weighted by atomic mass is 16.5. The van der Waals surface area contributed by atoms with Crippen LogP contribution in [0.2, 0.25) is 0 Å². The van der Waals surface area contributed by atoms with Gasteiger partial charge in [0.05, 0.1) is 11.4 Å². The summed E-state index contributed by atoms with van der Waals surface area (Å²) in [4.78, 5) is 0. The topological polar surface area (TPSA) is 43.9 Å². The number of aryl methyl sites for hydroxylation is 3. The molecule has 4 nitrogen and oxygen atoms in total. The van der Waals surface area contributed by atoms with Crippen molar-refractivity contribution in [3.63, 3.8) is 0 Å². The summed E-state index contributed by atoms with van der Waals surface area (Å²) in [6, 6.07) is 3.97. The van der Waals surface area contributed by atoms with Gasteiger partial charge in [-0.05, 0) is 26.8 Å². The van der Waals surface area contributed by atoms with Crippen LogP contribution < -0.4 is 0 Å². The Bertz CT molecular complexity index is 442. The molecule has 2 rings (SSSR count). The van der Waals surface area contributed by atoms with Gasteiger partial charge in [-0.15, -0.1) is 0 Å². The molecule has 0 N–H and O–H groups in total. The smallest absolute Gasteiger partial charge is 0.158 e. The number of hydrogen-bond acceptors (Lipinski definition) is 3. The van der Waals surface area contributed by atoms with Gasteiger partial charge in [-0.2, -0.15) is 5.10 Å². The summed E-state index contributed by atoms with van der Waals surface area (Å²) < 4.78 is 7.03. The number of nitrogens with zero attached hydrogens (tertiary/aromatic N) is 3. The lowest BCUT2D eigenvalue weighted by molar-refractivity contribution is 0.367. The predicted molar refractivity (Wildman–Crippen MR) is 52.0 cm³/mol. The van der Waals surface area contributed by atoms with Crippen LogP contribution in [0, 0.1) is 20.8 Å². The Morgan fingerprint density at radius 3 is 2.50 bits per heavy atom. The van der Waals surface area contributed by atoms with Crippen molar-refractivity contribution >= 4 is 0 Å². The molecule has 0 aromatic carbocycles. The third-order valence-corrected chi connectivity index (χ3v) is 2.09. The zero-order valence-electron chi connectivity index (χ0n) is 8.61. The van der Waals surface area contributed by atoms with Gasteiger partial charge in [0.15, 0.2) is 5.76 Å². The highest BCUT2D eigenvalue weighted by Gasteiger charge is 2.05. The Morgan fingerprint density at radius 1 is 1.21 bits per heavy atom. The van der Waals surface area contributed by atoms with Crippen molar-refractivity contribution in [1.82, 2.24) is 14.9 Å². The molecule has 2 heterocycles. The number of aromatic nitrogens is 3. The van der Waals surface area contributed by atoms with E-state index in [2.05, 4.69) is 10.3 Å². The van der Waals surface area contributed by atoms with Gasteiger partial charge in [-0.1, -0.05) is 5.16 Å². The molecule has 0 aliphatic heterocycles. The minimum absolute atomic E-state index is 0.653. The summed E-state index contributed by atoms with van der Waals surface area (Å²) in [5.74, 6) is 0.841. The Kier molecular flexibility index (Phi) is 2.11. The Labute approximate surface area is 82.5 Å². The monoisotopic (exact) mass is 191 g/mol. The zero-order chi connectivity index (χ0) is 10.1. The Balaban J connectivity index is 2.22. The van der Waals surface area contributed by atoms with Crippen LogP contribution in [0.25, 0.3) is 0 Å². The van der Waals surface area contributed by atoms with E-state index in [1.54, 1.807) is 0 Å². The Morgan fingerprint density at radius 2 is 2.00 bits per heavy atom. The largest absolute Gasteiger partial charge is 0.359 e. The van der Waals surface area contributed by atoms with Crippen molar-refractivity contribution in [3.8, 4) is 0 Å². The van der Waals surface area contributed by atoms with Crippen LogP contribution in [0.3, 0.4) is 0 Å². The summed E-state index contributed by atoms with van der Waals surface area (Å²) in [5, 5.41) is 8.18. The van der Waals surface area contributed by atoms with E-state index in [1.807, 2.05) is 37.6 Å². The maximum atomic E-state index is 5.12. The molecule has 0 spiro atoms. The lowest BCUT2D eigenvalue weighted by atomic mass is 10.3. The molecule has 0 unspecified atom stereocenters. The zero-order valence-corrected chi connectivity index (χ0v) is 8.61. The average molecular weight is 191 g/mol. The third-order valence-electron chi connectivity index (χ3n) is 2.09. The van der Waals surface area contributed by atoms with Gasteiger partial charge < -0.3 is 4.52 Å². The molecule has 0 saturated carbocycles. The summed E-state index contributed by atoms with van der Waals surface area (Å²) in [6.45, 7) is 6.58. The first-order chi connectivity index (χ1) is 6.65. The van der Waals surface area contributed by atoms with Crippen LogP contribution >= 0.6 is 0 Å². The highest BCUT2D eigenvalue weighted by molar-refractivity contribution is 5.09. The van der Waals surface area contributed by atoms with Gasteiger partial charge in [0.25, 0.3) is 0 Å². The number of rotatable bonds is 2. The fourth-order valence-electron chi connectivity index (χ4n) is 1.47. The molecule has 0 radical (unpaired) electrons. The minimum atomic E-state index is 0.653. The van der Waals surface area contributed by atoms with Gasteiger partial charge in [0, 0.05) is 11.8 Å². The van der Waals surface area contributed by atoms with Gasteiger partial charge >= 0.3 is 0 Å². The second-order valence-electron chi connectivity index (χ2n) is 3.52. The van der Waals surface area contributed by atoms with Crippen LogP contribution in [0.5, 0.6) is 0 Å². The second-order valence-corrected chi connectivity index (χ2v) is 3.52. The van der Waals surface area contributed by atoms with Crippen molar-refractivity contribution in [3.05, 3.63) is 35.0 Å². The molecule has 0 amide bonds. The van der Waals surface area contributed by atoms with Crippen molar-refractivity contribution in [1.29, 1.82) is 0 Å². The molecular weight excluding hydrogens is 178 g/mol. The lowest BCUT2D eigenvalue weighted by Crippen LogP contribution is -2.02. The predicted octanol–water partition coefficient (Wildman–Crippen LogP) is 1.84. The van der Waals surface area contributed by atoms with E-state index in [9.17, 15) is 0 Å². The molecular formula is C10H13N3O. The van der Waals surface area contributed by atoms with E-state index in [1.165, 1.54) is 0 Å². The molecule has 0 fully saturated rings. The molecule has 4 heteroatoms. The van der Waals surface area contributed by atoms with Crippen LogP contribution in [0.15, 0.2) is 16.7 Å². The molecule has 2 aromatic heterocycles. The van der Waals surface area contributed by atoms with E-state index in [0.717, 1.165) is 22.8 Å². The first-order valence-corrected chi connectivity index (χ1v) is 4.58. The van der Waals surface area contributed by atoms with Crippen molar-refractivity contribution < 1.29 is 4.52 Å². The molecule has 0 atom stereocenters. The molecule has 0 aliphatic rings. The minimum Gasteiger partial charge on any atom is -0.359 e. The molecule has 0 bridgehead atoms.